The summed E-state index contributed by atoms with van der Waals surface area (Å²) in [4.78, 5) is 4.59. The molecule has 5 heteroatoms. The summed E-state index contributed by atoms with van der Waals surface area (Å²) >= 11 is 1.75. The van der Waals surface area contributed by atoms with Crippen molar-refractivity contribution in [1.82, 2.24) is 15.9 Å². The fourth-order valence-electron chi connectivity index (χ4n) is 4.45. The van der Waals surface area contributed by atoms with Crippen molar-refractivity contribution >= 4 is 21.4 Å². The highest BCUT2D eigenvalue weighted by molar-refractivity contribution is 7.17. The van der Waals surface area contributed by atoms with Crippen LogP contribution in [0.25, 0.3) is 21.5 Å². The van der Waals surface area contributed by atoms with Gasteiger partial charge in [0.05, 0.1) is 6.04 Å². The number of aromatic nitrogens is 2. The lowest BCUT2D eigenvalue weighted by Crippen LogP contribution is -2.03. The Bertz CT molecular complexity index is 1130. The maximum absolute atomic E-state index is 8.66. The minimum atomic E-state index is -0.294. The molecule has 0 amide bonds. The molecule has 0 spiro atoms. The van der Waals surface area contributed by atoms with E-state index in [4.69, 9.17) is 10.3 Å². The maximum atomic E-state index is 8.66. The molecular weight excluding hydrogens is 438 g/mol. The first-order chi connectivity index (χ1) is 16.7. The SMILES string of the molecule is CCCCCCCCCCCc1noc(-c2ccc(C([NH])Cc3csc4ccccc34)cc2)n1. The predicted octanol–water partition coefficient (Wildman–Crippen LogP) is 8.59. The van der Waals surface area contributed by atoms with Crippen LogP contribution in [0, 0.1) is 0 Å². The Kier molecular flexibility index (Phi) is 9.28. The number of thiophene rings is 1. The van der Waals surface area contributed by atoms with Gasteiger partial charge in [-0.1, -0.05) is 93.8 Å². The summed E-state index contributed by atoms with van der Waals surface area (Å²) in [6.07, 6.45) is 13.4. The molecule has 2 heterocycles. The minimum Gasteiger partial charge on any atom is -0.334 e. The Hall–Kier alpha value is -2.50. The van der Waals surface area contributed by atoms with Gasteiger partial charge in [0.1, 0.15) is 0 Å². The lowest BCUT2D eigenvalue weighted by Gasteiger charge is -2.11. The van der Waals surface area contributed by atoms with Crippen molar-refractivity contribution in [1.29, 1.82) is 0 Å². The number of hydrogen-bond acceptors (Lipinski definition) is 4. The zero-order valence-corrected chi connectivity index (χ0v) is 21.1. The van der Waals surface area contributed by atoms with E-state index in [0.29, 0.717) is 12.3 Å². The molecule has 1 radical (unpaired) electrons. The number of rotatable bonds is 14. The zero-order chi connectivity index (χ0) is 23.6. The van der Waals surface area contributed by atoms with Gasteiger partial charge in [0, 0.05) is 16.7 Å². The van der Waals surface area contributed by atoms with Gasteiger partial charge in [-0.3, -0.25) is 0 Å². The average Bonchev–Trinajstić information content (AvgIpc) is 3.51. The van der Waals surface area contributed by atoms with Crippen molar-refractivity contribution in [3.63, 3.8) is 0 Å². The highest BCUT2D eigenvalue weighted by Gasteiger charge is 2.13. The van der Waals surface area contributed by atoms with Gasteiger partial charge < -0.3 is 4.52 Å². The Morgan fingerprint density at radius 3 is 2.35 bits per heavy atom. The summed E-state index contributed by atoms with van der Waals surface area (Å²) in [5.41, 5.74) is 11.8. The quantitative estimate of drug-likeness (QED) is 0.172. The van der Waals surface area contributed by atoms with Crippen LogP contribution in [0.4, 0.5) is 0 Å². The van der Waals surface area contributed by atoms with Gasteiger partial charge in [-0.25, -0.2) is 5.73 Å². The molecule has 0 aliphatic rings. The molecule has 4 nitrogen and oxygen atoms in total. The lowest BCUT2D eigenvalue weighted by atomic mass is 9.98. The number of benzene rings is 2. The minimum absolute atomic E-state index is 0.294. The molecule has 0 aliphatic carbocycles. The fraction of sp³-hybridized carbons (Fsp3) is 0.448. The van der Waals surface area contributed by atoms with Crippen molar-refractivity contribution in [3.8, 4) is 11.5 Å². The number of aryl methyl sites for hydroxylation is 1. The molecule has 1 N–H and O–H groups in total. The van der Waals surface area contributed by atoms with Crippen LogP contribution < -0.4 is 5.73 Å². The molecule has 34 heavy (non-hydrogen) atoms. The molecular formula is C29H36N3OS. The van der Waals surface area contributed by atoms with Gasteiger partial charge in [0.2, 0.25) is 0 Å². The van der Waals surface area contributed by atoms with Crippen LogP contribution in [0.1, 0.15) is 87.7 Å². The molecule has 0 saturated heterocycles. The number of unbranched alkanes of at least 4 members (excludes halogenated alkanes) is 8. The molecule has 4 aromatic rings. The molecule has 0 aliphatic heterocycles. The third-order valence-electron chi connectivity index (χ3n) is 6.52. The third-order valence-corrected chi connectivity index (χ3v) is 7.53. The topological polar surface area (TPSA) is 62.7 Å². The first-order valence-electron chi connectivity index (χ1n) is 12.8. The first-order valence-corrected chi connectivity index (χ1v) is 13.7. The summed E-state index contributed by atoms with van der Waals surface area (Å²) in [7, 11) is 0. The fourth-order valence-corrected chi connectivity index (χ4v) is 5.43. The largest absolute Gasteiger partial charge is 0.334 e. The zero-order valence-electron chi connectivity index (χ0n) is 20.3. The Morgan fingerprint density at radius 1 is 0.882 bits per heavy atom. The number of fused-ring (bicyclic) bond motifs is 1. The molecule has 0 saturated carbocycles. The van der Waals surface area contributed by atoms with E-state index in [0.717, 1.165) is 29.8 Å². The summed E-state index contributed by atoms with van der Waals surface area (Å²) < 4.78 is 6.80. The van der Waals surface area contributed by atoms with E-state index in [-0.39, 0.29) is 6.04 Å². The second-order valence-electron chi connectivity index (χ2n) is 9.23. The van der Waals surface area contributed by atoms with Crippen molar-refractivity contribution in [3.05, 3.63) is 70.9 Å². The van der Waals surface area contributed by atoms with Gasteiger partial charge in [-0.2, -0.15) is 4.98 Å². The average molecular weight is 475 g/mol. The molecule has 1 atom stereocenters. The van der Waals surface area contributed by atoms with E-state index in [2.05, 4.69) is 46.7 Å². The Labute approximate surface area is 207 Å². The van der Waals surface area contributed by atoms with E-state index in [9.17, 15) is 0 Å². The smallest absolute Gasteiger partial charge is 0.257 e. The van der Waals surface area contributed by atoms with Crippen LogP contribution in [-0.2, 0) is 12.8 Å². The molecule has 0 fully saturated rings. The second kappa shape index (κ2) is 12.8. The van der Waals surface area contributed by atoms with Gasteiger partial charge in [-0.05, 0) is 52.9 Å². The Balaban J connectivity index is 1.23. The number of nitrogens with one attached hydrogen (secondary N) is 1. The summed E-state index contributed by atoms with van der Waals surface area (Å²) in [6, 6.07) is 16.2. The van der Waals surface area contributed by atoms with Crippen molar-refractivity contribution in [2.24, 2.45) is 0 Å². The van der Waals surface area contributed by atoms with E-state index < -0.39 is 0 Å². The highest BCUT2D eigenvalue weighted by Crippen LogP contribution is 2.30. The van der Waals surface area contributed by atoms with Crippen LogP contribution in [0.3, 0.4) is 0 Å². The molecule has 179 valence electrons. The van der Waals surface area contributed by atoms with Crippen molar-refractivity contribution in [2.75, 3.05) is 0 Å². The van der Waals surface area contributed by atoms with Crippen LogP contribution >= 0.6 is 11.3 Å². The van der Waals surface area contributed by atoms with Crippen LogP contribution in [0.15, 0.2) is 58.4 Å². The van der Waals surface area contributed by atoms with Gasteiger partial charge in [0.15, 0.2) is 5.82 Å². The van der Waals surface area contributed by atoms with Gasteiger partial charge in [0.25, 0.3) is 5.89 Å². The van der Waals surface area contributed by atoms with Crippen molar-refractivity contribution in [2.45, 2.75) is 83.6 Å². The summed E-state index contributed by atoms with van der Waals surface area (Å²) in [5, 5.41) is 7.63. The van der Waals surface area contributed by atoms with Crippen LogP contribution in [-0.4, -0.2) is 10.1 Å². The predicted molar refractivity (Wildman–Crippen MR) is 142 cm³/mol. The monoisotopic (exact) mass is 474 g/mol. The standard InChI is InChI=1S/C29H36N3OS/c1-2-3-4-5-6-7-8-9-10-15-28-31-29(33-32-28)23-18-16-22(17-19-23)26(30)20-24-21-34-27-14-12-11-13-25(24)27/h11-14,16-19,21,26,30H,2-10,15,20H2,1H3. The molecule has 1 unspecified atom stereocenters. The second-order valence-corrected chi connectivity index (χ2v) is 10.1. The van der Waals surface area contributed by atoms with E-state index in [1.54, 1.807) is 11.3 Å². The van der Waals surface area contributed by atoms with Gasteiger partial charge in [-0.15, -0.1) is 11.3 Å². The van der Waals surface area contributed by atoms with Gasteiger partial charge >= 0.3 is 0 Å². The van der Waals surface area contributed by atoms with Crippen LogP contribution in [0.2, 0.25) is 0 Å². The van der Waals surface area contributed by atoms with E-state index in [1.807, 2.05) is 24.3 Å². The van der Waals surface area contributed by atoms with E-state index >= 15 is 0 Å². The van der Waals surface area contributed by atoms with Crippen LogP contribution in [0.5, 0.6) is 0 Å². The first kappa shape index (κ1) is 24.6. The highest BCUT2D eigenvalue weighted by atomic mass is 32.1. The van der Waals surface area contributed by atoms with E-state index in [1.165, 1.54) is 67.0 Å². The summed E-state index contributed by atoms with van der Waals surface area (Å²) in [5.74, 6) is 1.37. The molecule has 4 rings (SSSR count). The maximum Gasteiger partial charge on any atom is 0.257 e. The molecule has 2 aromatic heterocycles. The Morgan fingerprint density at radius 2 is 1.59 bits per heavy atom. The molecule has 0 bridgehead atoms. The number of nitrogens with zero attached hydrogens (tertiary/aromatic N) is 2. The van der Waals surface area contributed by atoms with Crippen molar-refractivity contribution < 1.29 is 4.52 Å². The summed E-state index contributed by atoms with van der Waals surface area (Å²) in [6.45, 7) is 2.26. The lowest BCUT2D eigenvalue weighted by molar-refractivity contribution is 0.421. The third kappa shape index (κ3) is 6.77. The number of hydrogen-bond donors (Lipinski definition) is 0. The normalized spacial score (nSPS) is 12.4. The molecule has 2 aromatic carbocycles.